The van der Waals surface area contributed by atoms with Crippen LogP contribution >= 0.6 is 0 Å². The van der Waals surface area contributed by atoms with E-state index in [2.05, 4.69) is 10.0 Å². The van der Waals surface area contributed by atoms with Crippen molar-refractivity contribution < 1.29 is 26.4 Å². The van der Waals surface area contributed by atoms with Gasteiger partial charge in [-0.15, -0.1) is 0 Å². The van der Waals surface area contributed by atoms with Gasteiger partial charge in [0.05, 0.1) is 16.5 Å². The van der Waals surface area contributed by atoms with Gasteiger partial charge in [-0.3, -0.25) is 4.79 Å². The van der Waals surface area contributed by atoms with Crippen molar-refractivity contribution in [3.8, 4) is 0 Å². The highest BCUT2D eigenvalue weighted by Gasteiger charge is 2.30. The minimum Gasteiger partial charge on any atom is -0.346 e. The minimum atomic E-state index is -4.48. The number of halogens is 3. The fraction of sp³-hybridized carbons (Fsp3) is 0.278. The molecule has 2 aromatic carbocycles. The molecule has 0 spiro atoms. The lowest BCUT2D eigenvalue weighted by Crippen LogP contribution is -2.28. The third-order valence-electron chi connectivity index (χ3n) is 3.80. The number of rotatable bonds is 6. The van der Waals surface area contributed by atoms with Crippen LogP contribution in [0.2, 0.25) is 0 Å². The maximum absolute atomic E-state index is 12.8. The van der Waals surface area contributed by atoms with Gasteiger partial charge >= 0.3 is 6.18 Å². The number of carbonyl (C=O) groups excluding carboxylic acids is 1. The van der Waals surface area contributed by atoms with E-state index in [0.717, 1.165) is 12.1 Å². The highest BCUT2D eigenvalue weighted by Crippen LogP contribution is 2.30. The SMILES string of the molecule is CCNS(=O)(=O)c1cccc(C(=O)NC(C)c2cccc(C(F)(F)F)c2)c1. The monoisotopic (exact) mass is 400 g/mol. The van der Waals surface area contributed by atoms with Crippen molar-refractivity contribution in [2.75, 3.05) is 6.54 Å². The molecule has 1 amide bonds. The molecule has 2 rings (SSSR count). The van der Waals surface area contributed by atoms with Gasteiger partial charge in [-0.25, -0.2) is 13.1 Å². The average Bonchev–Trinajstić information content (AvgIpc) is 2.61. The Hall–Kier alpha value is -2.39. The van der Waals surface area contributed by atoms with Gasteiger partial charge in [0, 0.05) is 12.1 Å². The number of hydrogen-bond donors (Lipinski definition) is 2. The normalized spacial score (nSPS) is 13.2. The van der Waals surface area contributed by atoms with Crippen LogP contribution < -0.4 is 10.0 Å². The summed E-state index contributed by atoms with van der Waals surface area (Å²) < 4.78 is 64.9. The molecule has 1 atom stereocenters. The Balaban J connectivity index is 2.20. The fourth-order valence-corrected chi connectivity index (χ4v) is 3.51. The zero-order valence-corrected chi connectivity index (χ0v) is 15.5. The summed E-state index contributed by atoms with van der Waals surface area (Å²) >= 11 is 0. The Labute approximate surface area is 155 Å². The summed E-state index contributed by atoms with van der Waals surface area (Å²) in [4.78, 5) is 12.3. The van der Waals surface area contributed by atoms with Crippen LogP contribution in [0.4, 0.5) is 13.2 Å². The average molecular weight is 400 g/mol. The molecule has 0 aliphatic rings. The zero-order chi connectivity index (χ0) is 20.2. The smallest absolute Gasteiger partial charge is 0.346 e. The Morgan fingerprint density at radius 2 is 1.78 bits per heavy atom. The predicted octanol–water partition coefficient (Wildman–Crippen LogP) is 3.49. The van der Waals surface area contributed by atoms with Gasteiger partial charge in [-0.05, 0) is 42.8 Å². The Morgan fingerprint density at radius 3 is 2.41 bits per heavy atom. The number of amides is 1. The molecule has 2 aromatic rings. The molecule has 0 heterocycles. The minimum absolute atomic E-state index is 0.0660. The molecular weight excluding hydrogens is 381 g/mol. The maximum Gasteiger partial charge on any atom is 0.416 e. The first-order valence-corrected chi connectivity index (χ1v) is 9.60. The molecular formula is C18H19F3N2O3S. The predicted molar refractivity (Wildman–Crippen MR) is 94.6 cm³/mol. The molecule has 146 valence electrons. The van der Waals surface area contributed by atoms with Gasteiger partial charge in [0.15, 0.2) is 0 Å². The summed E-state index contributed by atoms with van der Waals surface area (Å²) in [5.74, 6) is -0.589. The van der Waals surface area contributed by atoms with Gasteiger partial charge < -0.3 is 5.32 Å². The first-order chi connectivity index (χ1) is 12.5. The van der Waals surface area contributed by atoms with Crippen molar-refractivity contribution in [2.45, 2.75) is 31.0 Å². The van der Waals surface area contributed by atoms with Gasteiger partial charge in [-0.2, -0.15) is 13.2 Å². The van der Waals surface area contributed by atoms with E-state index in [1.165, 1.54) is 36.4 Å². The van der Waals surface area contributed by atoms with Crippen molar-refractivity contribution in [1.82, 2.24) is 10.0 Å². The zero-order valence-electron chi connectivity index (χ0n) is 14.7. The van der Waals surface area contributed by atoms with Gasteiger partial charge in [-0.1, -0.05) is 25.1 Å². The van der Waals surface area contributed by atoms with Crippen molar-refractivity contribution in [3.63, 3.8) is 0 Å². The molecule has 0 saturated heterocycles. The molecule has 0 aromatic heterocycles. The van der Waals surface area contributed by atoms with Crippen molar-refractivity contribution in [1.29, 1.82) is 0 Å². The van der Waals surface area contributed by atoms with Crippen LogP contribution in [0.25, 0.3) is 0 Å². The molecule has 2 N–H and O–H groups in total. The second kappa shape index (κ2) is 8.10. The molecule has 0 aliphatic carbocycles. The summed E-state index contributed by atoms with van der Waals surface area (Å²) in [5, 5.41) is 2.58. The second-order valence-electron chi connectivity index (χ2n) is 5.85. The quantitative estimate of drug-likeness (QED) is 0.779. The first kappa shape index (κ1) is 20.9. The lowest BCUT2D eigenvalue weighted by molar-refractivity contribution is -0.137. The summed E-state index contributed by atoms with van der Waals surface area (Å²) in [6.45, 7) is 3.38. The van der Waals surface area contributed by atoms with E-state index in [0.29, 0.717) is 0 Å². The van der Waals surface area contributed by atoms with Crippen molar-refractivity contribution in [3.05, 3.63) is 65.2 Å². The van der Waals surface area contributed by atoms with Crippen LogP contribution in [-0.2, 0) is 16.2 Å². The van der Waals surface area contributed by atoms with Crippen LogP contribution in [0, 0.1) is 0 Å². The molecule has 0 aliphatic heterocycles. The second-order valence-corrected chi connectivity index (χ2v) is 7.61. The molecule has 9 heteroatoms. The van der Waals surface area contributed by atoms with Crippen molar-refractivity contribution >= 4 is 15.9 Å². The lowest BCUT2D eigenvalue weighted by atomic mass is 10.0. The number of sulfonamides is 1. The largest absolute Gasteiger partial charge is 0.416 e. The highest BCUT2D eigenvalue weighted by atomic mass is 32.2. The van der Waals surface area contributed by atoms with E-state index >= 15 is 0 Å². The number of alkyl halides is 3. The third-order valence-corrected chi connectivity index (χ3v) is 5.35. The standard InChI is InChI=1S/C18H19F3N2O3S/c1-3-22-27(25,26)16-9-5-7-14(11-16)17(24)23-12(2)13-6-4-8-15(10-13)18(19,20)21/h4-12,22H,3H2,1-2H3,(H,23,24). The van der Waals surface area contributed by atoms with Crippen LogP contribution in [-0.4, -0.2) is 20.9 Å². The van der Waals surface area contributed by atoms with Gasteiger partial charge in [0.1, 0.15) is 0 Å². The summed E-state index contributed by atoms with van der Waals surface area (Å²) in [5.41, 5.74) is -0.428. The summed E-state index contributed by atoms with van der Waals surface area (Å²) in [6.07, 6.45) is -4.48. The summed E-state index contributed by atoms with van der Waals surface area (Å²) in [6, 6.07) is 9.39. The van der Waals surface area contributed by atoms with E-state index in [-0.39, 0.29) is 22.6 Å². The highest BCUT2D eigenvalue weighted by molar-refractivity contribution is 7.89. The number of hydrogen-bond acceptors (Lipinski definition) is 3. The summed E-state index contributed by atoms with van der Waals surface area (Å²) in [7, 11) is -3.72. The molecule has 1 unspecified atom stereocenters. The van der Waals surface area contributed by atoms with Crippen LogP contribution in [0.15, 0.2) is 53.4 Å². The number of nitrogens with one attached hydrogen (secondary N) is 2. The molecule has 5 nitrogen and oxygen atoms in total. The van der Waals surface area contributed by atoms with E-state index < -0.39 is 33.7 Å². The van der Waals surface area contributed by atoms with E-state index in [4.69, 9.17) is 0 Å². The Kier molecular flexibility index (Phi) is 6.27. The van der Waals surface area contributed by atoms with Crippen molar-refractivity contribution in [2.24, 2.45) is 0 Å². The molecule has 0 radical (unpaired) electrons. The van der Waals surface area contributed by atoms with Crippen LogP contribution in [0.5, 0.6) is 0 Å². The molecule has 0 saturated carbocycles. The van der Waals surface area contributed by atoms with Gasteiger partial charge in [0.25, 0.3) is 5.91 Å². The van der Waals surface area contributed by atoms with Gasteiger partial charge in [0.2, 0.25) is 10.0 Å². The van der Waals surface area contributed by atoms with E-state index in [1.807, 2.05) is 0 Å². The number of carbonyl (C=O) groups is 1. The molecule has 0 fully saturated rings. The molecule has 0 bridgehead atoms. The fourth-order valence-electron chi connectivity index (χ4n) is 2.43. The van der Waals surface area contributed by atoms with E-state index in [9.17, 15) is 26.4 Å². The Morgan fingerprint density at radius 1 is 1.11 bits per heavy atom. The maximum atomic E-state index is 12.8. The Bertz CT molecular complexity index is 927. The lowest BCUT2D eigenvalue weighted by Gasteiger charge is -2.16. The molecule has 27 heavy (non-hydrogen) atoms. The van der Waals surface area contributed by atoms with Crippen LogP contribution in [0.3, 0.4) is 0 Å². The third kappa shape index (κ3) is 5.30. The van der Waals surface area contributed by atoms with E-state index in [1.54, 1.807) is 13.8 Å². The van der Waals surface area contributed by atoms with Crippen LogP contribution in [0.1, 0.15) is 41.4 Å². The first-order valence-electron chi connectivity index (χ1n) is 8.12. The topological polar surface area (TPSA) is 75.3 Å². The number of benzene rings is 2.